The summed E-state index contributed by atoms with van der Waals surface area (Å²) in [4.78, 5) is 11.8. The third kappa shape index (κ3) is 4.38. The Kier molecular flexibility index (Phi) is 5.91. The van der Waals surface area contributed by atoms with Crippen molar-refractivity contribution in [1.82, 2.24) is 0 Å². The maximum Gasteiger partial charge on any atom is 0.326 e. The summed E-state index contributed by atoms with van der Waals surface area (Å²) < 4.78 is 31.5. The Morgan fingerprint density at radius 2 is 1.91 bits per heavy atom. The number of ether oxygens (including phenoxy) is 1. The molecular weight excluding hydrogens is 381 g/mol. The third-order valence-corrected chi connectivity index (χ3v) is 6.34. The lowest BCUT2D eigenvalue weighted by Gasteiger charge is -2.23. The molecule has 1 aromatic heterocycles. The molecule has 0 unspecified atom stereocenters. The van der Waals surface area contributed by atoms with E-state index in [0.717, 1.165) is 15.6 Å². The van der Waals surface area contributed by atoms with Gasteiger partial charge in [0.15, 0.2) is 0 Å². The Bertz CT molecular complexity index is 771. The van der Waals surface area contributed by atoms with E-state index in [9.17, 15) is 13.2 Å². The molecule has 1 heterocycles. The summed E-state index contributed by atoms with van der Waals surface area (Å²) in [6.07, 6.45) is 0. The van der Waals surface area contributed by atoms with Gasteiger partial charge in [-0.2, -0.15) is 0 Å². The Morgan fingerprint density at radius 1 is 1.26 bits per heavy atom. The van der Waals surface area contributed by atoms with Crippen LogP contribution >= 0.6 is 34.5 Å². The van der Waals surface area contributed by atoms with Crippen molar-refractivity contribution in [3.63, 3.8) is 0 Å². The molecule has 0 atom stereocenters. The molecule has 23 heavy (non-hydrogen) atoms. The molecule has 0 aliphatic rings. The van der Waals surface area contributed by atoms with Crippen molar-refractivity contribution in [3.05, 3.63) is 45.8 Å². The first-order valence-electron chi connectivity index (χ1n) is 6.52. The van der Waals surface area contributed by atoms with Crippen LogP contribution in [0.2, 0.25) is 10.0 Å². The largest absolute Gasteiger partial charge is 0.465 e. The van der Waals surface area contributed by atoms with E-state index in [1.807, 2.05) is 0 Å². The molecule has 5 nitrogen and oxygen atoms in total. The third-order valence-electron chi connectivity index (χ3n) is 2.75. The van der Waals surface area contributed by atoms with Crippen LogP contribution in [0.3, 0.4) is 0 Å². The fourth-order valence-electron chi connectivity index (χ4n) is 1.84. The van der Waals surface area contributed by atoms with Gasteiger partial charge < -0.3 is 4.74 Å². The summed E-state index contributed by atoms with van der Waals surface area (Å²) in [6.45, 7) is 1.33. The van der Waals surface area contributed by atoms with Crippen molar-refractivity contribution in [2.24, 2.45) is 0 Å². The Morgan fingerprint density at radius 3 is 2.43 bits per heavy atom. The first-order chi connectivity index (χ1) is 10.8. The molecule has 0 bridgehead atoms. The lowest BCUT2D eigenvalue weighted by atomic mass is 10.3. The quantitative estimate of drug-likeness (QED) is 0.699. The highest BCUT2D eigenvalue weighted by molar-refractivity contribution is 7.94. The molecule has 0 fully saturated rings. The highest BCUT2D eigenvalue weighted by atomic mass is 35.5. The van der Waals surface area contributed by atoms with E-state index >= 15 is 0 Å². The van der Waals surface area contributed by atoms with Crippen LogP contribution < -0.4 is 4.31 Å². The normalized spacial score (nSPS) is 11.3. The van der Waals surface area contributed by atoms with Gasteiger partial charge >= 0.3 is 5.97 Å². The molecule has 0 radical (unpaired) electrons. The predicted molar refractivity (Wildman–Crippen MR) is 91.9 cm³/mol. The molecule has 0 spiro atoms. The van der Waals surface area contributed by atoms with Crippen LogP contribution in [0.25, 0.3) is 0 Å². The summed E-state index contributed by atoms with van der Waals surface area (Å²) in [5.41, 5.74) is 0.198. The number of halogens is 2. The zero-order chi connectivity index (χ0) is 17.0. The van der Waals surface area contributed by atoms with Crippen LogP contribution in [0.4, 0.5) is 5.69 Å². The minimum Gasteiger partial charge on any atom is -0.465 e. The van der Waals surface area contributed by atoms with Crippen molar-refractivity contribution >= 4 is 56.2 Å². The number of nitrogens with zero attached hydrogens (tertiary/aromatic N) is 1. The number of anilines is 1. The molecule has 124 valence electrons. The van der Waals surface area contributed by atoms with Gasteiger partial charge in [0.05, 0.1) is 12.3 Å². The maximum absolute atomic E-state index is 12.8. The van der Waals surface area contributed by atoms with Crippen molar-refractivity contribution in [1.29, 1.82) is 0 Å². The molecule has 1 aromatic carbocycles. The van der Waals surface area contributed by atoms with Crippen LogP contribution in [-0.2, 0) is 19.6 Å². The molecule has 9 heteroatoms. The fourth-order valence-corrected chi connectivity index (χ4v) is 4.85. The second-order valence-electron chi connectivity index (χ2n) is 4.38. The van der Waals surface area contributed by atoms with Crippen molar-refractivity contribution in [2.75, 3.05) is 17.5 Å². The summed E-state index contributed by atoms with van der Waals surface area (Å²) in [5.74, 6) is -0.663. The van der Waals surface area contributed by atoms with Crippen LogP contribution in [0.15, 0.2) is 39.9 Å². The monoisotopic (exact) mass is 393 g/mol. The topological polar surface area (TPSA) is 63.7 Å². The molecule has 0 amide bonds. The van der Waals surface area contributed by atoms with Crippen LogP contribution in [0, 0.1) is 0 Å². The van der Waals surface area contributed by atoms with Gasteiger partial charge in [0.25, 0.3) is 10.0 Å². The predicted octanol–water partition coefficient (Wildman–Crippen LogP) is 3.81. The first kappa shape index (κ1) is 18.1. The van der Waals surface area contributed by atoms with E-state index in [1.165, 1.54) is 24.3 Å². The zero-order valence-electron chi connectivity index (χ0n) is 12.0. The number of carbonyl (C=O) groups is 1. The number of carbonyl (C=O) groups excluding carboxylic acids is 1. The molecule has 0 saturated heterocycles. The summed E-state index contributed by atoms with van der Waals surface area (Å²) in [5, 5.41) is 2.17. The maximum atomic E-state index is 12.8. The average molecular weight is 394 g/mol. The zero-order valence-corrected chi connectivity index (χ0v) is 15.2. The van der Waals surface area contributed by atoms with Gasteiger partial charge in [0.1, 0.15) is 10.8 Å². The number of hydrogen-bond donors (Lipinski definition) is 0. The number of sulfonamides is 1. The highest BCUT2D eigenvalue weighted by Gasteiger charge is 2.29. The van der Waals surface area contributed by atoms with Gasteiger partial charge in [-0.25, -0.2) is 8.42 Å². The Hall–Kier alpha value is -1.28. The summed E-state index contributed by atoms with van der Waals surface area (Å²) in [7, 11) is -3.92. The standard InChI is InChI=1S/C14H13Cl2NO4S2/c1-2-21-13(18)9-17(12-7-10(15)6-11(16)8-12)23(19,20)14-4-3-5-22-14/h3-8H,2,9H2,1H3. The van der Waals surface area contributed by atoms with Gasteiger partial charge in [-0.3, -0.25) is 9.10 Å². The van der Waals surface area contributed by atoms with Gasteiger partial charge in [-0.1, -0.05) is 29.3 Å². The van der Waals surface area contributed by atoms with Crippen molar-refractivity contribution in [3.8, 4) is 0 Å². The molecule has 0 N–H and O–H groups in total. The molecule has 2 rings (SSSR count). The number of benzene rings is 1. The van der Waals surface area contributed by atoms with Crippen LogP contribution in [0.5, 0.6) is 0 Å². The van der Waals surface area contributed by atoms with Gasteiger partial charge in [-0.05, 0) is 36.6 Å². The summed E-state index contributed by atoms with van der Waals surface area (Å²) >= 11 is 12.9. The van der Waals surface area contributed by atoms with Gasteiger partial charge in [0, 0.05) is 10.0 Å². The number of esters is 1. The Labute approximate surface area is 148 Å². The molecule has 2 aromatic rings. The summed E-state index contributed by atoms with van der Waals surface area (Å²) in [6, 6.07) is 7.41. The second kappa shape index (κ2) is 7.53. The molecule has 0 aliphatic carbocycles. The van der Waals surface area contributed by atoms with Crippen LogP contribution in [0.1, 0.15) is 6.92 Å². The minimum absolute atomic E-state index is 0.109. The molecule has 0 aliphatic heterocycles. The van der Waals surface area contributed by atoms with Crippen molar-refractivity contribution < 1.29 is 17.9 Å². The molecule has 0 saturated carbocycles. The first-order valence-corrected chi connectivity index (χ1v) is 9.60. The second-order valence-corrected chi connectivity index (χ2v) is 8.29. The lowest BCUT2D eigenvalue weighted by molar-refractivity contribution is -0.141. The number of thiophene rings is 1. The Balaban J connectivity index is 2.49. The van der Waals surface area contributed by atoms with Crippen LogP contribution in [-0.4, -0.2) is 27.5 Å². The molecular formula is C14H13Cl2NO4S2. The average Bonchev–Trinajstić information content (AvgIpc) is 2.98. The smallest absolute Gasteiger partial charge is 0.326 e. The number of rotatable bonds is 6. The van der Waals surface area contributed by atoms with E-state index in [1.54, 1.807) is 18.4 Å². The highest BCUT2D eigenvalue weighted by Crippen LogP contribution is 2.31. The van der Waals surface area contributed by atoms with E-state index in [-0.39, 0.29) is 26.5 Å². The van der Waals surface area contributed by atoms with Gasteiger partial charge in [0.2, 0.25) is 0 Å². The van der Waals surface area contributed by atoms with Crippen molar-refractivity contribution in [2.45, 2.75) is 11.1 Å². The number of hydrogen-bond acceptors (Lipinski definition) is 5. The lowest BCUT2D eigenvalue weighted by Crippen LogP contribution is -2.36. The van der Waals surface area contributed by atoms with E-state index in [0.29, 0.717) is 0 Å². The fraction of sp³-hybridized carbons (Fsp3) is 0.214. The van der Waals surface area contributed by atoms with Gasteiger partial charge in [-0.15, -0.1) is 11.3 Å². The van der Waals surface area contributed by atoms with E-state index in [2.05, 4.69) is 0 Å². The van der Waals surface area contributed by atoms with E-state index in [4.69, 9.17) is 27.9 Å². The van der Waals surface area contributed by atoms with E-state index < -0.39 is 22.5 Å². The minimum atomic E-state index is -3.92. The SMILES string of the molecule is CCOC(=O)CN(c1cc(Cl)cc(Cl)c1)S(=O)(=O)c1cccs1.